The lowest BCUT2D eigenvalue weighted by atomic mass is 9.97. The van der Waals surface area contributed by atoms with Crippen molar-refractivity contribution in [3.63, 3.8) is 0 Å². The molecular formula is C20H25N3O2S2. The van der Waals surface area contributed by atoms with Gasteiger partial charge in [0.05, 0.1) is 11.1 Å². The topological polar surface area (TPSA) is 74.8 Å². The van der Waals surface area contributed by atoms with Crippen LogP contribution in [0.25, 0.3) is 10.2 Å². The number of fused-ring (bicyclic) bond motifs is 3. The van der Waals surface area contributed by atoms with Crippen LogP contribution in [0.3, 0.4) is 0 Å². The quantitative estimate of drug-likeness (QED) is 0.435. The number of thiophene rings is 1. The smallest absolute Gasteiger partial charge is 0.260 e. The van der Waals surface area contributed by atoms with E-state index in [9.17, 15) is 9.59 Å². The summed E-state index contributed by atoms with van der Waals surface area (Å²) >= 11 is 2.94. The average molecular weight is 404 g/mol. The third-order valence-corrected chi connectivity index (χ3v) is 7.36. The number of aryl methyl sites for hydroxylation is 2. The van der Waals surface area contributed by atoms with Gasteiger partial charge in [0.15, 0.2) is 5.16 Å². The fourth-order valence-electron chi connectivity index (χ4n) is 3.89. The number of amides is 1. The van der Waals surface area contributed by atoms with Crippen LogP contribution in [0, 0.1) is 0 Å². The minimum absolute atomic E-state index is 0.00960. The molecule has 1 amide bonds. The first-order chi connectivity index (χ1) is 13.2. The van der Waals surface area contributed by atoms with E-state index in [1.54, 1.807) is 11.3 Å². The minimum atomic E-state index is -0.0634. The number of rotatable bonds is 6. The second-order valence-corrected chi connectivity index (χ2v) is 9.31. The zero-order chi connectivity index (χ0) is 18.6. The summed E-state index contributed by atoms with van der Waals surface area (Å²) in [6.07, 6.45) is 12.5. The summed E-state index contributed by atoms with van der Waals surface area (Å²) < 4.78 is 0. The summed E-state index contributed by atoms with van der Waals surface area (Å²) in [7, 11) is 0. The fraction of sp³-hybridized carbons (Fsp3) is 0.550. The molecular weight excluding hydrogens is 378 g/mol. The first kappa shape index (κ1) is 18.7. The summed E-state index contributed by atoms with van der Waals surface area (Å²) in [5, 5.41) is 4.28. The largest absolute Gasteiger partial charge is 0.355 e. The van der Waals surface area contributed by atoms with E-state index in [1.807, 2.05) is 0 Å². The molecule has 2 aromatic heterocycles. The molecule has 0 aromatic carbocycles. The second kappa shape index (κ2) is 8.61. The Hall–Kier alpha value is -1.60. The highest BCUT2D eigenvalue weighted by atomic mass is 32.2. The van der Waals surface area contributed by atoms with E-state index in [0.29, 0.717) is 11.7 Å². The Kier molecular flexibility index (Phi) is 5.98. The number of carbonyl (C=O) groups is 1. The highest BCUT2D eigenvalue weighted by Crippen LogP contribution is 2.34. The van der Waals surface area contributed by atoms with E-state index in [1.165, 1.54) is 59.9 Å². The van der Waals surface area contributed by atoms with Crippen LogP contribution in [0.2, 0.25) is 0 Å². The van der Waals surface area contributed by atoms with E-state index in [0.717, 1.165) is 35.9 Å². The molecule has 5 nitrogen and oxygen atoms in total. The van der Waals surface area contributed by atoms with Gasteiger partial charge in [0.25, 0.3) is 5.56 Å². The number of hydrogen-bond donors (Lipinski definition) is 2. The third-order valence-electron chi connectivity index (χ3n) is 5.30. The second-order valence-electron chi connectivity index (χ2n) is 7.26. The molecule has 0 spiro atoms. The molecule has 0 aliphatic heterocycles. The molecule has 0 bridgehead atoms. The molecule has 2 aliphatic carbocycles. The summed E-state index contributed by atoms with van der Waals surface area (Å²) in [4.78, 5) is 34.2. The van der Waals surface area contributed by atoms with Crippen LogP contribution >= 0.6 is 23.1 Å². The standard InChI is InChI=1S/C20H25N3O2S2/c24-16(21-11-10-13-6-2-1-3-7-13)12-26-20-22-18(25)17-14-8-4-5-9-15(14)27-19(17)23-20/h6H,1-5,7-12H2,(H,21,24)(H,22,23,25). The molecule has 0 radical (unpaired) electrons. The van der Waals surface area contributed by atoms with Crippen LogP contribution in [0.4, 0.5) is 0 Å². The maximum Gasteiger partial charge on any atom is 0.260 e. The van der Waals surface area contributed by atoms with Gasteiger partial charge >= 0.3 is 0 Å². The molecule has 144 valence electrons. The number of thioether (sulfide) groups is 1. The van der Waals surface area contributed by atoms with E-state index >= 15 is 0 Å². The van der Waals surface area contributed by atoms with Crippen molar-refractivity contribution in [3.8, 4) is 0 Å². The van der Waals surface area contributed by atoms with Crippen molar-refractivity contribution < 1.29 is 4.79 Å². The van der Waals surface area contributed by atoms with Crippen molar-refractivity contribution in [2.24, 2.45) is 0 Å². The Bertz CT molecular complexity index is 929. The highest BCUT2D eigenvalue weighted by Gasteiger charge is 2.20. The van der Waals surface area contributed by atoms with Gasteiger partial charge in [-0.2, -0.15) is 0 Å². The molecule has 7 heteroatoms. The van der Waals surface area contributed by atoms with Gasteiger partial charge in [-0.15, -0.1) is 11.3 Å². The van der Waals surface area contributed by atoms with Gasteiger partial charge in [-0.25, -0.2) is 4.98 Å². The third kappa shape index (κ3) is 4.46. The normalized spacial score (nSPS) is 16.8. The molecule has 27 heavy (non-hydrogen) atoms. The fourth-order valence-corrected chi connectivity index (χ4v) is 5.90. The van der Waals surface area contributed by atoms with Crippen LogP contribution in [-0.2, 0) is 17.6 Å². The zero-order valence-electron chi connectivity index (χ0n) is 15.4. The molecule has 0 fully saturated rings. The van der Waals surface area contributed by atoms with Crippen molar-refractivity contribution >= 4 is 39.2 Å². The highest BCUT2D eigenvalue weighted by molar-refractivity contribution is 7.99. The number of nitrogens with zero attached hydrogens (tertiary/aromatic N) is 1. The van der Waals surface area contributed by atoms with Crippen molar-refractivity contribution in [1.82, 2.24) is 15.3 Å². The molecule has 0 unspecified atom stereocenters. The van der Waals surface area contributed by atoms with Gasteiger partial charge in [-0.05, 0) is 63.4 Å². The Morgan fingerprint density at radius 2 is 2.07 bits per heavy atom. The molecule has 2 N–H and O–H groups in total. The van der Waals surface area contributed by atoms with Gasteiger partial charge in [0.1, 0.15) is 4.83 Å². The monoisotopic (exact) mass is 403 g/mol. The van der Waals surface area contributed by atoms with Gasteiger partial charge in [-0.3, -0.25) is 9.59 Å². The number of H-pyrrole nitrogens is 1. The molecule has 0 atom stereocenters. The average Bonchev–Trinajstić information content (AvgIpc) is 3.06. The van der Waals surface area contributed by atoms with Crippen LogP contribution in [0.5, 0.6) is 0 Å². The predicted molar refractivity (Wildman–Crippen MR) is 112 cm³/mol. The van der Waals surface area contributed by atoms with E-state index in [-0.39, 0.29) is 17.2 Å². The zero-order valence-corrected chi connectivity index (χ0v) is 17.1. The maximum absolute atomic E-state index is 12.5. The van der Waals surface area contributed by atoms with Crippen molar-refractivity contribution in [3.05, 3.63) is 32.4 Å². The van der Waals surface area contributed by atoms with Crippen molar-refractivity contribution in [2.75, 3.05) is 12.3 Å². The lowest BCUT2D eigenvalue weighted by molar-refractivity contribution is -0.118. The lowest BCUT2D eigenvalue weighted by Gasteiger charge is -2.12. The predicted octanol–water partition coefficient (Wildman–Crippen LogP) is 3.96. The molecule has 0 saturated heterocycles. The van der Waals surface area contributed by atoms with E-state index in [4.69, 9.17) is 0 Å². The summed E-state index contributed by atoms with van der Waals surface area (Å²) in [5.74, 6) is 0.267. The van der Waals surface area contributed by atoms with Gasteiger partial charge < -0.3 is 10.3 Å². The number of aromatic nitrogens is 2. The van der Waals surface area contributed by atoms with Crippen LogP contribution in [0.15, 0.2) is 21.6 Å². The molecule has 0 saturated carbocycles. The Balaban J connectivity index is 1.34. The number of allylic oxidation sites excluding steroid dienone is 1. The first-order valence-corrected chi connectivity index (χ1v) is 11.6. The summed E-state index contributed by atoms with van der Waals surface area (Å²) in [6.45, 7) is 0.686. The Morgan fingerprint density at radius 1 is 1.22 bits per heavy atom. The van der Waals surface area contributed by atoms with Crippen LogP contribution in [-0.4, -0.2) is 28.2 Å². The Morgan fingerprint density at radius 3 is 2.93 bits per heavy atom. The van der Waals surface area contributed by atoms with Gasteiger partial charge in [-0.1, -0.05) is 23.4 Å². The summed E-state index contributed by atoms with van der Waals surface area (Å²) in [6, 6.07) is 0. The van der Waals surface area contributed by atoms with Crippen molar-refractivity contribution in [1.29, 1.82) is 0 Å². The SMILES string of the molecule is O=C(CSc1nc2sc3c(c2c(=O)[nH]1)CCCC3)NCCC1=CCCCC1. The number of hydrogen-bond acceptors (Lipinski definition) is 5. The van der Waals surface area contributed by atoms with Gasteiger partial charge in [0.2, 0.25) is 5.91 Å². The minimum Gasteiger partial charge on any atom is -0.355 e. The van der Waals surface area contributed by atoms with Crippen molar-refractivity contribution in [2.45, 2.75) is 62.9 Å². The first-order valence-electron chi connectivity index (χ1n) is 9.82. The van der Waals surface area contributed by atoms with E-state index < -0.39 is 0 Å². The number of nitrogens with one attached hydrogen (secondary N) is 2. The van der Waals surface area contributed by atoms with Crippen LogP contribution in [0.1, 0.15) is 55.4 Å². The molecule has 2 aliphatic rings. The Labute approximate surface area is 167 Å². The summed E-state index contributed by atoms with van der Waals surface area (Å²) in [5.41, 5.74) is 2.60. The van der Waals surface area contributed by atoms with E-state index in [2.05, 4.69) is 21.4 Å². The lowest BCUT2D eigenvalue weighted by Crippen LogP contribution is -2.26. The van der Waals surface area contributed by atoms with Gasteiger partial charge in [0, 0.05) is 11.4 Å². The van der Waals surface area contributed by atoms with Crippen LogP contribution < -0.4 is 10.9 Å². The molecule has 2 heterocycles. The molecule has 2 aromatic rings. The number of carbonyl (C=O) groups excluding carboxylic acids is 1. The number of aromatic amines is 1. The maximum atomic E-state index is 12.5. The molecule has 4 rings (SSSR count).